The molecule has 0 aliphatic carbocycles. The summed E-state index contributed by atoms with van der Waals surface area (Å²) in [6.45, 7) is 3.78. The second kappa shape index (κ2) is 7.44. The Labute approximate surface area is 142 Å². The first kappa shape index (κ1) is 17.9. The highest BCUT2D eigenvalue weighted by atomic mass is 32.2. The van der Waals surface area contributed by atoms with E-state index in [4.69, 9.17) is 0 Å². The summed E-state index contributed by atoms with van der Waals surface area (Å²) in [6.07, 6.45) is 4.40. The molecule has 1 aromatic heterocycles. The van der Waals surface area contributed by atoms with Gasteiger partial charge in [-0.1, -0.05) is 23.8 Å². The number of hydrogen-bond donors (Lipinski definition) is 1. The third kappa shape index (κ3) is 4.55. The minimum absolute atomic E-state index is 0.294. The molecular weight excluding hydrogens is 326 g/mol. The Kier molecular flexibility index (Phi) is 5.56. The molecule has 1 N–H and O–H groups in total. The molecule has 0 fully saturated rings. The van der Waals surface area contributed by atoms with Gasteiger partial charge in [0.2, 0.25) is 15.9 Å². The molecule has 0 bridgehead atoms. The van der Waals surface area contributed by atoms with Gasteiger partial charge in [0, 0.05) is 18.9 Å². The van der Waals surface area contributed by atoms with Crippen LogP contribution in [0.3, 0.4) is 0 Å². The Bertz CT molecular complexity index is 790. The first-order valence-electron chi connectivity index (χ1n) is 7.51. The number of hydrogen-bond acceptors (Lipinski definition) is 4. The second-order valence-electron chi connectivity index (χ2n) is 5.65. The van der Waals surface area contributed by atoms with Crippen molar-refractivity contribution in [1.29, 1.82) is 0 Å². The Morgan fingerprint density at radius 1 is 1.25 bits per heavy atom. The van der Waals surface area contributed by atoms with Crippen molar-refractivity contribution in [1.82, 2.24) is 10.3 Å². The fraction of sp³-hybridized carbons (Fsp3) is 0.294. The fourth-order valence-corrected chi connectivity index (χ4v) is 3.51. The van der Waals surface area contributed by atoms with Gasteiger partial charge in [-0.25, -0.2) is 8.42 Å². The number of anilines is 1. The molecule has 2 aromatic rings. The maximum Gasteiger partial charge on any atom is 0.243 e. The molecule has 2 rings (SSSR count). The zero-order valence-electron chi connectivity index (χ0n) is 13.9. The summed E-state index contributed by atoms with van der Waals surface area (Å²) in [5, 5.41) is 2.75. The maximum atomic E-state index is 12.4. The Hall–Kier alpha value is -2.41. The van der Waals surface area contributed by atoms with Crippen molar-refractivity contribution in [3.05, 3.63) is 59.9 Å². The largest absolute Gasteiger partial charge is 0.350 e. The van der Waals surface area contributed by atoms with Gasteiger partial charge in [-0.3, -0.25) is 14.1 Å². The lowest BCUT2D eigenvalue weighted by Gasteiger charge is -2.28. The monoisotopic (exact) mass is 347 g/mol. The minimum Gasteiger partial charge on any atom is -0.350 e. The van der Waals surface area contributed by atoms with Crippen LogP contribution >= 0.6 is 0 Å². The van der Waals surface area contributed by atoms with Crippen LogP contribution in [-0.4, -0.2) is 31.6 Å². The Morgan fingerprint density at radius 2 is 1.92 bits per heavy atom. The first-order valence-corrected chi connectivity index (χ1v) is 9.36. The minimum atomic E-state index is -3.60. The van der Waals surface area contributed by atoms with Crippen LogP contribution in [0, 0.1) is 6.92 Å². The first-order chi connectivity index (χ1) is 11.3. The number of nitrogens with one attached hydrogen (secondary N) is 1. The van der Waals surface area contributed by atoms with Gasteiger partial charge in [0.1, 0.15) is 6.04 Å². The molecule has 7 heteroatoms. The Morgan fingerprint density at radius 3 is 2.46 bits per heavy atom. The number of pyridine rings is 1. The number of amides is 1. The van der Waals surface area contributed by atoms with E-state index in [-0.39, 0.29) is 5.91 Å². The number of carbonyl (C=O) groups is 1. The van der Waals surface area contributed by atoms with E-state index >= 15 is 0 Å². The molecule has 1 heterocycles. The van der Waals surface area contributed by atoms with Gasteiger partial charge in [-0.05, 0) is 37.6 Å². The number of nitrogens with zero attached hydrogens (tertiary/aromatic N) is 2. The van der Waals surface area contributed by atoms with E-state index in [2.05, 4.69) is 10.3 Å². The number of sulfonamides is 1. The smallest absolute Gasteiger partial charge is 0.243 e. The standard InChI is InChI=1S/C17H21N3O3S/c1-13-6-8-16(9-7-13)20(24(3,22)23)14(2)17(21)19-12-15-5-4-10-18-11-15/h4-11,14H,12H2,1-3H3,(H,19,21)/t14-/m1/s1. The lowest BCUT2D eigenvalue weighted by Crippen LogP contribution is -2.47. The third-order valence-corrected chi connectivity index (χ3v) is 4.81. The van der Waals surface area contributed by atoms with Crippen LogP contribution in [0.1, 0.15) is 18.1 Å². The number of benzene rings is 1. The van der Waals surface area contributed by atoms with Crippen molar-refractivity contribution in [2.24, 2.45) is 0 Å². The van der Waals surface area contributed by atoms with Crippen LogP contribution in [-0.2, 0) is 21.4 Å². The van der Waals surface area contributed by atoms with Gasteiger partial charge in [0.05, 0.1) is 11.9 Å². The zero-order valence-corrected chi connectivity index (χ0v) is 14.7. The molecule has 1 amide bonds. The van der Waals surface area contributed by atoms with Gasteiger partial charge < -0.3 is 5.32 Å². The van der Waals surface area contributed by atoms with E-state index in [0.29, 0.717) is 12.2 Å². The summed E-state index contributed by atoms with van der Waals surface area (Å²) < 4.78 is 25.5. The molecule has 0 aliphatic rings. The van der Waals surface area contributed by atoms with E-state index in [1.54, 1.807) is 37.5 Å². The van der Waals surface area contributed by atoms with Crippen molar-refractivity contribution in [2.75, 3.05) is 10.6 Å². The van der Waals surface area contributed by atoms with E-state index in [0.717, 1.165) is 21.7 Å². The van der Waals surface area contributed by atoms with E-state index in [1.165, 1.54) is 0 Å². The van der Waals surface area contributed by atoms with Crippen LogP contribution < -0.4 is 9.62 Å². The highest BCUT2D eigenvalue weighted by Gasteiger charge is 2.28. The summed E-state index contributed by atoms with van der Waals surface area (Å²) in [7, 11) is -3.60. The van der Waals surface area contributed by atoms with Crippen molar-refractivity contribution in [3.8, 4) is 0 Å². The van der Waals surface area contributed by atoms with Gasteiger partial charge in [-0.15, -0.1) is 0 Å². The average molecular weight is 347 g/mol. The predicted octanol–water partition coefficient (Wildman–Crippen LogP) is 1.86. The Balaban J connectivity index is 2.17. The van der Waals surface area contributed by atoms with Gasteiger partial charge in [0.25, 0.3) is 0 Å². The number of carbonyl (C=O) groups excluding carboxylic acids is 1. The molecule has 0 unspecified atom stereocenters. The highest BCUT2D eigenvalue weighted by Crippen LogP contribution is 2.21. The molecule has 0 saturated carbocycles. The third-order valence-electron chi connectivity index (χ3n) is 3.57. The average Bonchev–Trinajstić information content (AvgIpc) is 2.54. The van der Waals surface area contributed by atoms with Crippen molar-refractivity contribution >= 4 is 21.6 Å². The molecule has 1 atom stereocenters. The number of rotatable bonds is 6. The molecule has 0 saturated heterocycles. The van der Waals surface area contributed by atoms with Crippen LogP contribution in [0.2, 0.25) is 0 Å². The molecule has 24 heavy (non-hydrogen) atoms. The molecule has 6 nitrogen and oxygen atoms in total. The normalized spacial score (nSPS) is 12.5. The predicted molar refractivity (Wildman–Crippen MR) is 94.0 cm³/mol. The van der Waals surface area contributed by atoms with E-state index in [1.807, 2.05) is 25.1 Å². The van der Waals surface area contributed by atoms with Crippen LogP contribution in [0.25, 0.3) is 0 Å². The summed E-state index contributed by atoms with van der Waals surface area (Å²) in [5.41, 5.74) is 2.33. The lowest BCUT2D eigenvalue weighted by atomic mass is 10.2. The summed E-state index contributed by atoms with van der Waals surface area (Å²) >= 11 is 0. The number of aryl methyl sites for hydroxylation is 1. The quantitative estimate of drug-likeness (QED) is 0.865. The topological polar surface area (TPSA) is 79.4 Å². The summed E-state index contributed by atoms with van der Waals surface area (Å²) in [5.74, 6) is -0.371. The van der Waals surface area contributed by atoms with Gasteiger partial charge in [0.15, 0.2) is 0 Å². The number of aromatic nitrogens is 1. The van der Waals surface area contributed by atoms with Crippen LogP contribution in [0.15, 0.2) is 48.8 Å². The summed E-state index contributed by atoms with van der Waals surface area (Å²) in [4.78, 5) is 16.4. The molecule has 0 spiro atoms. The SMILES string of the molecule is Cc1ccc(N([C@H](C)C(=O)NCc2cccnc2)S(C)(=O)=O)cc1. The zero-order chi connectivity index (χ0) is 17.7. The maximum absolute atomic E-state index is 12.4. The van der Waals surface area contributed by atoms with Crippen molar-refractivity contribution in [2.45, 2.75) is 26.4 Å². The second-order valence-corrected chi connectivity index (χ2v) is 7.51. The van der Waals surface area contributed by atoms with E-state index < -0.39 is 16.1 Å². The highest BCUT2D eigenvalue weighted by molar-refractivity contribution is 7.92. The fourth-order valence-electron chi connectivity index (χ4n) is 2.34. The van der Waals surface area contributed by atoms with Crippen LogP contribution in [0.4, 0.5) is 5.69 Å². The van der Waals surface area contributed by atoms with E-state index in [9.17, 15) is 13.2 Å². The summed E-state index contributed by atoms with van der Waals surface area (Å²) in [6, 6.07) is 9.77. The molecule has 0 radical (unpaired) electrons. The molecule has 0 aliphatic heterocycles. The van der Waals surface area contributed by atoms with Crippen LogP contribution in [0.5, 0.6) is 0 Å². The van der Waals surface area contributed by atoms with Crippen molar-refractivity contribution in [3.63, 3.8) is 0 Å². The molecule has 128 valence electrons. The van der Waals surface area contributed by atoms with Gasteiger partial charge >= 0.3 is 0 Å². The van der Waals surface area contributed by atoms with Crippen molar-refractivity contribution < 1.29 is 13.2 Å². The lowest BCUT2D eigenvalue weighted by molar-refractivity contribution is -0.122. The van der Waals surface area contributed by atoms with Gasteiger partial charge in [-0.2, -0.15) is 0 Å². The molecular formula is C17H21N3O3S. The molecule has 1 aromatic carbocycles.